The van der Waals surface area contributed by atoms with E-state index in [2.05, 4.69) is 0 Å². The molecule has 0 saturated carbocycles. The smallest absolute Gasteiger partial charge is 0.303 e. The van der Waals surface area contributed by atoms with Gasteiger partial charge >= 0.3 is 5.97 Å². The first-order chi connectivity index (χ1) is 9.13. The van der Waals surface area contributed by atoms with Crippen LogP contribution in [0, 0.1) is 5.82 Å². The molecule has 0 bridgehead atoms. The molecule has 2 aromatic carbocycles. The number of ether oxygens (including phenoxy) is 1. The van der Waals surface area contributed by atoms with Crippen molar-refractivity contribution in [2.75, 3.05) is 0 Å². The molecule has 0 heterocycles. The summed E-state index contributed by atoms with van der Waals surface area (Å²) in [5, 5.41) is 8.64. The summed E-state index contributed by atoms with van der Waals surface area (Å²) < 4.78 is 18.3. The molecule has 0 saturated heterocycles. The molecule has 0 aliphatic heterocycles. The first-order valence-electron chi connectivity index (χ1n) is 5.87. The number of hydrogen-bond donors (Lipinski definition) is 1. The van der Waals surface area contributed by atoms with Crippen molar-refractivity contribution >= 4 is 5.97 Å². The molecule has 0 amide bonds. The highest BCUT2D eigenvalue weighted by molar-refractivity contribution is 5.67. The first kappa shape index (κ1) is 13.1. The molecule has 98 valence electrons. The topological polar surface area (TPSA) is 46.5 Å². The van der Waals surface area contributed by atoms with Crippen LogP contribution in [-0.4, -0.2) is 11.1 Å². The van der Waals surface area contributed by atoms with Crippen molar-refractivity contribution in [3.63, 3.8) is 0 Å². The Morgan fingerprint density at radius 2 is 1.84 bits per heavy atom. The molecule has 1 N–H and O–H groups in total. The van der Waals surface area contributed by atoms with Gasteiger partial charge in [0.15, 0.2) is 0 Å². The average molecular weight is 260 g/mol. The third-order valence-corrected chi connectivity index (χ3v) is 2.58. The zero-order valence-electron chi connectivity index (χ0n) is 10.2. The molecule has 19 heavy (non-hydrogen) atoms. The summed E-state index contributed by atoms with van der Waals surface area (Å²) in [4.78, 5) is 10.5. The van der Waals surface area contributed by atoms with Crippen molar-refractivity contribution < 1.29 is 19.0 Å². The molecule has 0 spiro atoms. The Hall–Kier alpha value is -2.36. The zero-order valence-corrected chi connectivity index (χ0v) is 10.2. The number of rotatable bonds is 5. The number of halogens is 1. The molecular weight excluding hydrogens is 247 g/mol. The van der Waals surface area contributed by atoms with Crippen LogP contribution >= 0.6 is 0 Å². The van der Waals surface area contributed by atoms with Crippen LogP contribution in [0.3, 0.4) is 0 Å². The first-order valence-corrected chi connectivity index (χ1v) is 5.87. The van der Waals surface area contributed by atoms with Crippen LogP contribution in [0.4, 0.5) is 4.39 Å². The number of aliphatic carboxylic acids is 1. The van der Waals surface area contributed by atoms with Crippen molar-refractivity contribution in [1.29, 1.82) is 0 Å². The number of hydrogen-bond acceptors (Lipinski definition) is 2. The van der Waals surface area contributed by atoms with Gasteiger partial charge in [-0.3, -0.25) is 4.79 Å². The Morgan fingerprint density at radius 1 is 1.11 bits per heavy atom. The van der Waals surface area contributed by atoms with Gasteiger partial charge in [0.25, 0.3) is 0 Å². The Morgan fingerprint density at radius 3 is 2.53 bits per heavy atom. The van der Waals surface area contributed by atoms with E-state index in [-0.39, 0.29) is 12.2 Å². The summed E-state index contributed by atoms with van der Waals surface area (Å²) in [6, 6.07) is 12.9. The van der Waals surface area contributed by atoms with E-state index in [0.29, 0.717) is 17.9 Å². The summed E-state index contributed by atoms with van der Waals surface area (Å²) in [5.41, 5.74) is 0.891. The lowest BCUT2D eigenvalue weighted by Crippen LogP contribution is -1.97. The van der Waals surface area contributed by atoms with Crippen molar-refractivity contribution in [3.05, 3.63) is 59.9 Å². The summed E-state index contributed by atoms with van der Waals surface area (Å²) in [6.45, 7) is 0. The van der Waals surface area contributed by atoms with Gasteiger partial charge in [0.2, 0.25) is 0 Å². The van der Waals surface area contributed by atoms with Gasteiger partial charge in [0.1, 0.15) is 17.3 Å². The average Bonchev–Trinajstić information content (AvgIpc) is 2.40. The lowest BCUT2D eigenvalue weighted by molar-refractivity contribution is -0.136. The number of carboxylic acids is 1. The van der Waals surface area contributed by atoms with Crippen molar-refractivity contribution in [2.45, 2.75) is 12.8 Å². The second-order valence-electron chi connectivity index (χ2n) is 4.10. The van der Waals surface area contributed by atoms with Crippen LogP contribution < -0.4 is 4.74 Å². The second-order valence-corrected chi connectivity index (χ2v) is 4.10. The monoisotopic (exact) mass is 260 g/mol. The van der Waals surface area contributed by atoms with E-state index in [1.165, 1.54) is 12.1 Å². The van der Waals surface area contributed by atoms with Crippen LogP contribution in [-0.2, 0) is 11.2 Å². The van der Waals surface area contributed by atoms with E-state index < -0.39 is 5.97 Å². The fourth-order valence-electron chi connectivity index (χ4n) is 1.65. The maximum atomic E-state index is 12.8. The molecule has 4 heteroatoms. The summed E-state index contributed by atoms with van der Waals surface area (Å²) in [6.07, 6.45) is 0.538. The fourth-order valence-corrected chi connectivity index (χ4v) is 1.65. The zero-order chi connectivity index (χ0) is 13.7. The standard InChI is InChI=1S/C15H13FO3/c16-12-5-7-13(8-6-12)19-14-3-1-2-11(10-14)4-9-15(17)18/h1-3,5-8,10H,4,9H2,(H,17,18). The maximum Gasteiger partial charge on any atom is 0.303 e. The van der Waals surface area contributed by atoms with Crippen LogP contribution in [0.5, 0.6) is 11.5 Å². The molecule has 0 radical (unpaired) electrons. The molecular formula is C15H13FO3. The molecule has 0 aliphatic carbocycles. The molecule has 2 rings (SSSR count). The highest BCUT2D eigenvalue weighted by Crippen LogP contribution is 2.22. The van der Waals surface area contributed by atoms with Gasteiger partial charge in [-0.2, -0.15) is 0 Å². The van der Waals surface area contributed by atoms with Crippen molar-refractivity contribution in [2.24, 2.45) is 0 Å². The van der Waals surface area contributed by atoms with Gasteiger partial charge in [0, 0.05) is 6.42 Å². The van der Waals surface area contributed by atoms with Crippen LogP contribution in [0.1, 0.15) is 12.0 Å². The maximum absolute atomic E-state index is 12.8. The number of carboxylic acid groups (broad SMARTS) is 1. The Kier molecular flexibility index (Phi) is 4.13. The summed E-state index contributed by atoms with van der Waals surface area (Å²) in [5.74, 6) is -0.00121. The van der Waals surface area contributed by atoms with E-state index in [0.717, 1.165) is 5.56 Å². The number of benzene rings is 2. The van der Waals surface area contributed by atoms with Crippen molar-refractivity contribution in [1.82, 2.24) is 0 Å². The fraction of sp³-hybridized carbons (Fsp3) is 0.133. The molecule has 3 nitrogen and oxygen atoms in total. The van der Waals surface area contributed by atoms with E-state index in [9.17, 15) is 9.18 Å². The van der Waals surface area contributed by atoms with Gasteiger partial charge in [-0.25, -0.2) is 4.39 Å². The third-order valence-electron chi connectivity index (χ3n) is 2.58. The minimum Gasteiger partial charge on any atom is -0.481 e. The van der Waals surface area contributed by atoms with Gasteiger partial charge in [-0.05, 0) is 48.4 Å². The third kappa shape index (κ3) is 4.10. The second kappa shape index (κ2) is 6.00. The highest BCUT2D eigenvalue weighted by Gasteiger charge is 2.02. The molecule has 2 aromatic rings. The van der Waals surface area contributed by atoms with Crippen LogP contribution in [0.2, 0.25) is 0 Å². The van der Waals surface area contributed by atoms with Crippen LogP contribution in [0.25, 0.3) is 0 Å². The molecule has 0 atom stereocenters. The lowest BCUT2D eigenvalue weighted by Gasteiger charge is -2.07. The predicted molar refractivity (Wildman–Crippen MR) is 68.9 cm³/mol. The van der Waals surface area contributed by atoms with Gasteiger partial charge in [-0.15, -0.1) is 0 Å². The Bertz CT molecular complexity index is 564. The predicted octanol–water partition coefficient (Wildman–Crippen LogP) is 3.64. The van der Waals surface area contributed by atoms with Gasteiger partial charge in [-0.1, -0.05) is 12.1 Å². The Balaban J connectivity index is 2.06. The van der Waals surface area contributed by atoms with Gasteiger partial charge < -0.3 is 9.84 Å². The van der Waals surface area contributed by atoms with E-state index >= 15 is 0 Å². The highest BCUT2D eigenvalue weighted by atomic mass is 19.1. The molecule has 0 fully saturated rings. The molecule has 0 aliphatic rings. The van der Waals surface area contributed by atoms with Crippen LogP contribution in [0.15, 0.2) is 48.5 Å². The van der Waals surface area contributed by atoms with E-state index in [4.69, 9.17) is 9.84 Å². The quantitative estimate of drug-likeness (QED) is 0.892. The minimum absolute atomic E-state index is 0.0833. The van der Waals surface area contributed by atoms with E-state index in [1.807, 2.05) is 6.07 Å². The summed E-state index contributed by atoms with van der Waals surface area (Å²) in [7, 11) is 0. The Labute approximate surface area is 110 Å². The summed E-state index contributed by atoms with van der Waals surface area (Å²) >= 11 is 0. The SMILES string of the molecule is O=C(O)CCc1cccc(Oc2ccc(F)cc2)c1. The minimum atomic E-state index is -0.829. The van der Waals surface area contributed by atoms with Gasteiger partial charge in [0.05, 0.1) is 0 Å². The lowest BCUT2D eigenvalue weighted by atomic mass is 10.1. The molecule has 0 unspecified atom stereocenters. The normalized spacial score (nSPS) is 10.2. The number of carbonyl (C=O) groups is 1. The van der Waals surface area contributed by atoms with E-state index in [1.54, 1.807) is 30.3 Å². The largest absolute Gasteiger partial charge is 0.481 e. The van der Waals surface area contributed by atoms with Crippen molar-refractivity contribution in [3.8, 4) is 11.5 Å². The molecule has 0 aromatic heterocycles. The number of aryl methyl sites for hydroxylation is 1.